The van der Waals surface area contributed by atoms with Crippen LogP contribution in [0.1, 0.15) is 47.5 Å². The largest absolute Gasteiger partial charge is 0.509 e. The molecule has 2 aliphatic rings. The lowest BCUT2D eigenvalue weighted by atomic mass is 9.76. The third-order valence-corrected chi connectivity index (χ3v) is 11.0. The van der Waals surface area contributed by atoms with Crippen LogP contribution in [0.4, 0.5) is 0 Å². The van der Waals surface area contributed by atoms with Gasteiger partial charge in [-0.3, -0.25) is 0 Å². The van der Waals surface area contributed by atoms with Crippen LogP contribution in [0, 0.1) is 11.8 Å². The summed E-state index contributed by atoms with van der Waals surface area (Å²) in [5.41, 5.74) is -1.84. The van der Waals surface area contributed by atoms with Crippen LogP contribution in [-0.4, -0.2) is 42.8 Å². The van der Waals surface area contributed by atoms with Gasteiger partial charge in [0.25, 0.3) is 0 Å². The van der Waals surface area contributed by atoms with Crippen LogP contribution >= 0.6 is 0 Å². The number of methoxy groups -OCH3 is 1. The quantitative estimate of drug-likeness (QED) is 0.597. The first kappa shape index (κ1) is 19.5. The van der Waals surface area contributed by atoms with Gasteiger partial charge < -0.3 is 19.4 Å². The minimum absolute atomic E-state index is 0.0277. The van der Waals surface area contributed by atoms with Gasteiger partial charge in [-0.05, 0) is 50.7 Å². The molecule has 0 aromatic rings. The van der Waals surface area contributed by atoms with E-state index in [2.05, 4.69) is 33.9 Å². The summed E-state index contributed by atoms with van der Waals surface area (Å²) in [6, 6.07) is 0. The molecule has 0 aromatic heterocycles. The molecule has 2 bridgehead atoms. The molecular formula is C18H32O5Si. The molecule has 0 amide bonds. The fourth-order valence-electron chi connectivity index (χ4n) is 3.90. The van der Waals surface area contributed by atoms with Gasteiger partial charge in [0.2, 0.25) is 0 Å². The molecule has 6 heteroatoms. The highest BCUT2D eigenvalue weighted by atomic mass is 28.4. The van der Waals surface area contributed by atoms with Gasteiger partial charge in [0.15, 0.2) is 8.32 Å². The highest BCUT2D eigenvalue weighted by molar-refractivity contribution is 6.74. The second-order valence-corrected chi connectivity index (χ2v) is 14.0. The van der Waals surface area contributed by atoms with Gasteiger partial charge in [0.1, 0.15) is 11.4 Å². The topological polar surface area (TPSA) is 76.0 Å². The maximum Gasteiger partial charge on any atom is 0.337 e. The number of carbonyl (C=O) groups excluding carboxylic acids is 1. The summed E-state index contributed by atoms with van der Waals surface area (Å²) in [6.45, 7) is 14.3. The highest BCUT2D eigenvalue weighted by Gasteiger charge is 2.61. The molecule has 0 aliphatic heterocycles. The van der Waals surface area contributed by atoms with E-state index in [1.54, 1.807) is 6.92 Å². The van der Waals surface area contributed by atoms with E-state index in [-0.39, 0.29) is 22.3 Å². The summed E-state index contributed by atoms with van der Waals surface area (Å²) in [6.07, 6.45) is 1.11. The smallest absolute Gasteiger partial charge is 0.337 e. The third kappa shape index (κ3) is 2.82. The molecule has 0 radical (unpaired) electrons. The van der Waals surface area contributed by atoms with Gasteiger partial charge in [-0.25, -0.2) is 4.79 Å². The predicted octanol–water partition coefficient (Wildman–Crippen LogP) is 3.54. The minimum atomic E-state index is -2.19. The van der Waals surface area contributed by atoms with Crippen molar-refractivity contribution in [1.29, 1.82) is 0 Å². The number of hydrogen-bond acceptors (Lipinski definition) is 5. The number of fused-ring (bicyclic) bond motifs is 2. The Morgan fingerprint density at radius 3 is 2.29 bits per heavy atom. The molecule has 1 saturated carbocycles. The highest BCUT2D eigenvalue weighted by Crippen LogP contribution is 2.57. The van der Waals surface area contributed by atoms with Crippen LogP contribution in [0.25, 0.3) is 0 Å². The fraction of sp³-hybridized carbons (Fsp3) is 0.833. The SMILES string of the molecule is COC(=O)C1=C(O)[C@@](C)(O[Si](C)(C)C(C)(C)C)[C@@H]2C[C@H]1[C@@](C)(O)C2. The average Bonchev–Trinajstić information content (AvgIpc) is 2.70. The van der Waals surface area contributed by atoms with Crippen LogP contribution < -0.4 is 0 Å². The van der Waals surface area contributed by atoms with E-state index >= 15 is 0 Å². The monoisotopic (exact) mass is 356 g/mol. The second kappa shape index (κ2) is 5.58. The number of esters is 1. The van der Waals surface area contributed by atoms with Crippen molar-refractivity contribution in [1.82, 2.24) is 0 Å². The van der Waals surface area contributed by atoms with Crippen molar-refractivity contribution < 1.29 is 24.2 Å². The fourth-order valence-corrected chi connectivity index (χ4v) is 5.53. The molecule has 1 fully saturated rings. The van der Waals surface area contributed by atoms with Crippen molar-refractivity contribution in [2.75, 3.05) is 7.11 Å². The maximum absolute atomic E-state index is 12.3. The molecule has 0 spiro atoms. The summed E-state index contributed by atoms with van der Waals surface area (Å²) < 4.78 is 11.5. The van der Waals surface area contributed by atoms with Gasteiger partial charge >= 0.3 is 5.97 Å². The molecule has 0 heterocycles. The Morgan fingerprint density at radius 2 is 1.83 bits per heavy atom. The lowest BCUT2D eigenvalue weighted by Gasteiger charge is -2.48. The molecule has 5 nitrogen and oxygen atoms in total. The number of ether oxygens (including phenoxy) is 1. The van der Waals surface area contributed by atoms with E-state index in [0.29, 0.717) is 12.8 Å². The Morgan fingerprint density at radius 1 is 1.29 bits per heavy atom. The minimum Gasteiger partial charge on any atom is -0.509 e. The first-order valence-electron chi connectivity index (χ1n) is 8.62. The first-order chi connectivity index (χ1) is 10.7. The van der Waals surface area contributed by atoms with Crippen molar-refractivity contribution in [3.05, 3.63) is 11.3 Å². The van der Waals surface area contributed by atoms with Crippen molar-refractivity contribution in [2.24, 2.45) is 11.8 Å². The molecule has 0 unspecified atom stereocenters. The standard InChI is InChI=1S/C18H32O5Si/c1-16(2,3)24(7,8)23-18(5)11-9-12(17(4,21)10-11)13(14(18)19)15(20)22-6/h11-12,19,21H,9-10H2,1-8H3/t11-,12-,17+,18+/m1/s1. The third-order valence-electron chi connectivity index (χ3n) is 6.46. The number of aliphatic hydroxyl groups is 2. The van der Waals surface area contributed by atoms with Crippen LogP contribution in [0.5, 0.6) is 0 Å². The zero-order valence-corrected chi connectivity index (χ0v) is 17.2. The zero-order chi connectivity index (χ0) is 18.7. The molecule has 24 heavy (non-hydrogen) atoms. The van der Waals surface area contributed by atoms with Gasteiger partial charge in [-0.2, -0.15) is 0 Å². The summed E-state index contributed by atoms with van der Waals surface area (Å²) in [5.74, 6) is -1.08. The first-order valence-corrected chi connectivity index (χ1v) is 11.5. The number of rotatable bonds is 3. The van der Waals surface area contributed by atoms with E-state index in [0.717, 1.165) is 0 Å². The van der Waals surface area contributed by atoms with Crippen molar-refractivity contribution in [3.8, 4) is 0 Å². The lowest BCUT2D eigenvalue weighted by molar-refractivity contribution is -0.138. The van der Waals surface area contributed by atoms with Crippen LogP contribution in [0.3, 0.4) is 0 Å². The lowest BCUT2D eigenvalue weighted by Crippen LogP contribution is -2.53. The van der Waals surface area contributed by atoms with E-state index in [1.807, 2.05) is 6.92 Å². The Bertz CT molecular complexity index is 572. The Hall–Kier alpha value is -0.853. The second-order valence-electron chi connectivity index (χ2n) is 9.27. The van der Waals surface area contributed by atoms with Crippen molar-refractivity contribution in [2.45, 2.75) is 76.8 Å². The summed E-state index contributed by atoms with van der Waals surface area (Å²) >= 11 is 0. The molecule has 0 aromatic carbocycles. The molecule has 2 rings (SSSR count). The predicted molar refractivity (Wildman–Crippen MR) is 95.2 cm³/mol. The molecule has 138 valence electrons. The number of hydrogen-bond donors (Lipinski definition) is 2. The van der Waals surface area contributed by atoms with Crippen LogP contribution in [0.2, 0.25) is 18.1 Å². The van der Waals surface area contributed by atoms with Crippen LogP contribution in [0.15, 0.2) is 11.3 Å². The summed E-state index contributed by atoms with van der Waals surface area (Å²) in [7, 11) is -0.899. The number of aliphatic hydroxyl groups excluding tert-OH is 1. The van der Waals surface area contributed by atoms with Gasteiger partial charge in [0.05, 0.1) is 18.3 Å². The van der Waals surface area contributed by atoms with Crippen LogP contribution in [-0.2, 0) is 14.0 Å². The zero-order valence-electron chi connectivity index (χ0n) is 16.2. The summed E-state index contributed by atoms with van der Waals surface area (Å²) in [5, 5.41) is 21.8. The van der Waals surface area contributed by atoms with E-state index < -0.39 is 31.4 Å². The number of carbonyl (C=O) groups is 1. The van der Waals surface area contributed by atoms with E-state index in [4.69, 9.17) is 9.16 Å². The molecule has 2 aliphatic carbocycles. The Balaban J connectivity index is 2.56. The average molecular weight is 357 g/mol. The summed E-state index contributed by atoms with van der Waals surface area (Å²) in [4.78, 5) is 12.3. The van der Waals surface area contributed by atoms with E-state index in [9.17, 15) is 15.0 Å². The van der Waals surface area contributed by atoms with Gasteiger partial charge in [-0.15, -0.1) is 0 Å². The molecule has 2 N–H and O–H groups in total. The molecule has 0 saturated heterocycles. The maximum atomic E-state index is 12.3. The molecular weight excluding hydrogens is 324 g/mol. The Labute approximate surface area is 146 Å². The van der Waals surface area contributed by atoms with Crippen molar-refractivity contribution >= 4 is 14.3 Å². The molecule has 4 atom stereocenters. The van der Waals surface area contributed by atoms with Gasteiger partial charge in [-0.1, -0.05) is 20.8 Å². The van der Waals surface area contributed by atoms with E-state index in [1.165, 1.54) is 7.11 Å². The van der Waals surface area contributed by atoms with Crippen molar-refractivity contribution in [3.63, 3.8) is 0 Å². The normalized spacial score (nSPS) is 36.9. The van der Waals surface area contributed by atoms with Gasteiger partial charge in [0, 0.05) is 5.92 Å². The Kier molecular flexibility index (Phi) is 4.52.